The highest BCUT2D eigenvalue weighted by Crippen LogP contribution is 2.41. The predicted octanol–water partition coefficient (Wildman–Crippen LogP) is 2.15. The van der Waals surface area contributed by atoms with Crippen molar-refractivity contribution in [2.45, 2.75) is 17.6 Å². The van der Waals surface area contributed by atoms with E-state index in [0.29, 0.717) is 22.1 Å². The number of amides is 1. The summed E-state index contributed by atoms with van der Waals surface area (Å²) in [6, 6.07) is 12.9. The van der Waals surface area contributed by atoms with Gasteiger partial charge in [-0.25, -0.2) is 13.9 Å². The SMILES string of the molecule is CN(C)S(=O)(=O)N1CC[C@](CC(=O)NO)(c2ccc(Oc3ccc(Cl)cc3)cc2)S(=O)(=O)CC1. The Morgan fingerprint density at radius 2 is 1.68 bits per heavy atom. The van der Waals surface area contributed by atoms with Crippen LogP contribution in [0.15, 0.2) is 48.5 Å². The highest BCUT2D eigenvalue weighted by molar-refractivity contribution is 7.92. The van der Waals surface area contributed by atoms with Gasteiger partial charge in [0.2, 0.25) is 5.91 Å². The van der Waals surface area contributed by atoms with Gasteiger partial charge in [-0.1, -0.05) is 23.7 Å². The Morgan fingerprint density at radius 1 is 1.12 bits per heavy atom. The Bertz CT molecular complexity index is 1230. The van der Waals surface area contributed by atoms with E-state index in [1.807, 2.05) is 0 Å². The molecule has 186 valence electrons. The lowest BCUT2D eigenvalue weighted by atomic mass is 9.90. The van der Waals surface area contributed by atoms with Gasteiger partial charge in [-0.2, -0.15) is 17.0 Å². The first-order valence-corrected chi connectivity index (χ1v) is 13.7. The molecular formula is C21H26ClN3O7S2. The van der Waals surface area contributed by atoms with Crippen molar-refractivity contribution in [1.29, 1.82) is 0 Å². The third-order valence-electron chi connectivity index (χ3n) is 5.76. The molecule has 13 heteroatoms. The summed E-state index contributed by atoms with van der Waals surface area (Å²) in [5.41, 5.74) is 1.79. The van der Waals surface area contributed by atoms with Crippen molar-refractivity contribution in [3.8, 4) is 11.5 Å². The van der Waals surface area contributed by atoms with Crippen LogP contribution in [-0.4, -0.2) is 69.5 Å². The second-order valence-electron chi connectivity index (χ2n) is 8.04. The molecule has 0 spiro atoms. The molecule has 2 aromatic carbocycles. The van der Waals surface area contributed by atoms with Crippen molar-refractivity contribution < 1.29 is 31.6 Å². The van der Waals surface area contributed by atoms with E-state index in [0.717, 1.165) is 8.61 Å². The molecule has 1 aliphatic rings. The molecule has 0 unspecified atom stereocenters. The zero-order chi connectivity index (χ0) is 25.1. The van der Waals surface area contributed by atoms with E-state index in [1.165, 1.54) is 31.7 Å². The minimum atomic E-state index is -4.03. The summed E-state index contributed by atoms with van der Waals surface area (Å²) in [5, 5.41) is 9.66. The number of sulfone groups is 1. The standard InChI is InChI=1S/C21H26ClN3O7S2/c1-24(2)34(30,31)25-12-11-21(15-20(26)23-27,33(28,29)14-13-25)16-3-7-18(8-4-16)32-19-9-5-17(22)6-10-19/h3-10,27H,11-15H2,1-2H3,(H,23,26)/t21-/m0/s1. The predicted molar refractivity (Wildman–Crippen MR) is 127 cm³/mol. The third-order valence-corrected chi connectivity index (χ3v) is 10.4. The maximum absolute atomic E-state index is 13.5. The average molecular weight is 532 g/mol. The highest BCUT2D eigenvalue weighted by Gasteiger charge is 2.49. The molecule has 1 fully saturated rings. The number of nitrogens with one attached hydrogen (secondary N) is 1. The zero-order valence-corrected chi connectivity index (χ0v) is 21.0. The Morgan fingerprint density at radius 3 is 2.21 bits per heavy atom. The van der Waals surface area contributed by atoms with Gasteiger partial charge < -0.3 is 4.74 Å². The van der Waals surface area contributed by atoms with Crippen molar-refractivity contribution in [3.05, 3.63) is 59.1 Å². The molecule has 2 aromatic rings. The van der Waals surface area contributed by atoms with E-state index < -0.39 is 42.9 Å². The maximum atomic E-state index is 13.5. The third kappa shape index (κ3) is 5.37. The molecule has 34 heavy (non-hydrogen) atoms. The van der Waals surface area contributed by atoms with E-state index >= 15 is 0 Å². The first-order chi connectivity index (χ1) is 15.9. The smallest absolute Gasteiger partial charge is 0.281 e. The van der Waals surface area contributed by atoms with Crippen LogP contribution in [0.25, 0.3) is 0 Å². The summed E-state index contributed by atoms with van der Waals surface area (Å²) in [7, 11) is -5.17. The van der Waals surface area contributed by atoms with E-state index in [2.05, 4.69) is 0 Å². The van der Waals surface area contributed by atoms with Crippen molar-refractivity contribution in [3.63, 3.8) is 0 Å². The Balaban J connectivity index is 1.99. The first-order valence-electron chi connectivity index (χ1n) is 10.3. The molecule has 0 radical (unpaired) electrons. The van der Waals surface area contributed by atoms with Crippen LogP contribution in [0.5, 0.6) is 11.5 Å². The van der Waals surface area contributed by atoms with E-state index in [-0.39, 0.29) is 19.5 Å². The van der Waals surface area contributed by atoms with Crippen LogP contribution in [-0.2, 0) is 29.6 Å². The van der Waals surface area contributed by atoms with Gasteiger partial charge in [-0.3, -0.25) is 10.0 Å². The molecule has 0 saturated carbocycles. The molecule has 1 aliphatic heterocycles. The number of carbonyl (C=O) groups excluding carboxylic acids is 1. The van der Waals surface area contributed by atoms with Crippen LogP contribution in [0.1, 0.15) is 18.4 Å². The number of hydrogen-bond donors (Lipinski definition) is 2. The van der Waals surface area contributed by atoms with Gasteiger partial charge >= 0.3 is 0 Å². The summed E-state index contributed by atoms with van der Waals surface area (Å²) >= 11 is 5.88. The number of rotatable bonds is 7. The number of hydrogen-bond acceptors (Lipinski definition) is 7. The largest absolute Gasteiger partial charge is 0.457 e. The van der Waals surface area contributed by atoms with Crippen LogP contribution in [0, 0.1) is 0 Å². The molecule has 0 aromatic heterocycles. The van der Waals surface area contributed by atoms with Gasteiger partial charge in [0.05, 0.1) is 12.2 Å². The normalized spacial score (nSPS) is 21.1. The second-order valence-corrected chi connectivity index (χ2v) is 13.0. The lowest BCUT2D eigenvalue weighted by Gasteiger charge is -2.32. The van der Waals surface area contributed by atoms with Crippen molar-refractivity contribution in [2.24, 2.45) is 0 Å². The van der Waals surface area contributed by atoms with Crippen molar-refractivity contribution in [1.82, 2.24) is 14.1 Å². The summed E-state index contributed by atoms with van der Waals surface area (Å²) in [4.78, 5) is 12.2. The average Bonchev–Trinajstić information content (AvgIpc) is 2.92. The van der Waals surface area contributed by atoms with Crippen LogP contribution >= 0.6 is 11.6 Å². The number of carbonyl (C=O) groups is 1. The van der Waals surface area contributed by atoms with Crippen LogP contribution in [0.4, 0.5) is 0 Å². The fraction of sp³-hybridized carbons (Fsp3) is 0.381. The minimum absolute atomic E-state index is 0.124. The molecule has 1 heterocycles. The topological polar surface area (TPSA) is 133 Å². The molecule has 10 nitrogen and oxygen atoms in total. The lowest BCUT2D eigenvalue weighted by Crippen LogP contribution is -2.42. The van der Waals surface area contributed by atoms with Crippen LogP contribution in [0.3, 0.4) is 0 Å². The van der Waals surface area contributed by atoms with Crippen molar-refractivity contribution in [2.75, 3.05) is 32.9 Å². The van der Waals surface area contributed by atoms with Crippen molar-refractivity contribution >= 4 is 37.6 Å². The molecule has 0 bridgehead atoms. The maximum Gasteiger partial charge on any atom is 0.281 e. The van der Waals surface area contributed by atoms with Gasteiger partial charge in [0, 0.05) is 32.2 Å². The monoisotopic (exact) mass is 531 g/mol. The Hall–Kier alpha value is -2.22. The quantitative estimate of drug-likeness (QED) is 0.413. The number of nitrogens with zero attached hydrogens (tertiary/aromatic N) is 2. The van der Waals surface area contributed by atoms with Gasteiger partial charge in [-0.05, 0) is 48.4 Å². The van der Waals surface area contributed by atoms with Crippen LogP contribution in [0.2, 0.25) is 5.02 Å². The summed E-state index contributed by atoms with van der Waals surface area (Å²) < 4.78 is 58.3. The minimum Gasteiger partial charge on any atom is -0.457 e. The fourth-order valence-corrected chi connectivity index (χ4v) is 7.29. The van der Waals surface area contributed by atoms with E-state index in [9.17, 15) is 21.6 Å². The number of benzene rings is 2. The summed E-state index contributed by atoms with van der Waals surface area (Å²) in [5.74, 6) is -0.426. The first kappa shape index (κ1) is 26.4. The van der Waals surface area contributed by atoms with Gasteiger partial charge in [-0.15, -0.1) is 0 Å². The lowest BCUT2D eigenvalue weighted by molar-refractivity contribution is -0.130. The fourth-order valence-electron chi connectivity index (χ4n) is 3.84. The van der Waals surface area contributed by atoms with Gasteiger partial charge in [0.25, 0.3) is 10.2 Å². The number of hydroxylamine groups is 1. The molecule has 3 rings (SSSR count). The Kier molecular flexibility index (Phi) is 7.90. The molecule has 0 aliphatic carbocycles. The zero-order valence-electron chi connectivity index (χ0n) is 18.6. The van der Waals surface area contributed by atoms with Crippen LogP contribution < -0.4 is 10.2 Å². The number of ether oxygens (including phenoxy) is 1. The van der Waals surface area contributed by atoms with E-state index in [4.69, 9.17) is 21.5 Å². The summed E-state index contributed by atoms with van der Waals surface area (Å²) in [6.07, 6.45) is -0.744. The molecule has 1 saturated heterocycles. The van der Waals surface area contributed by atoms with Gasteiger partial charge in [0.1, 0.15) is 16.2 Å². The number of halogens is 1. The highest BCUT2D eigenvalue weighted by atomic mass is 35.5. The molecule has 1 atom stereocenters. The van der Waals surface area contributed by atoms with Gasteiger partial charge in [0.15, 0.2) is 9.84 Å². The molecule has 2 N–H and O–H groups in total. The molecule has 1 amide bonds. The second kappa shape index (κ2) is 10.2. The van der Waals surface area contributed by atoms with E-state index in [1.54, 1.807) is 36.4 Å². The Labute approximate surface area is 204 Å². The summed E-state index contributed by atoms with van der Waals surface area (Å²) in [6.45, 7) is -0.370. The molecular weight excluding hydrogens is 506 g/mol.